The Hall–Kier alpha value is -1.20. The van der Waals surface area contributed by atoms with Crippen molar-refractivity contribution in [3.8, 4) is 0 Å². The van der Waals surface area contributed by atoms with Crippen molar-refractivity contribution in [2.45, 2.75) is 19.4 Å². The summed E-state index contributed by atoms with van der Waals surface area (Å²) >= 11 is 7.42. The van der Waals surface area contributed by atoms with Crippen LogP contribution in [0.3, 0.4) is 0 Å². The maximum atomic E-state index is 12.0. The first-order valence-corrected chi connectivity index (χ1v) is 7.51. The number of amides is 1. The Bertz CT molecular complexity index is 459. The molecule has 0 aliphatic heterocycles. The number of carbonyl (C=O) groups is 2. The van der Waals surface area contributed by atoms with Gasteiger partial charge in [-0.1, -0.05) is 11.6 Å². The van der Waals surface area contributed by atoms with Crippen molar-refractivity contribution in [3.05, 3.63) is 34.3 Å². The summed E-state index contributed by atoms with van der Waals surface area (Å²) in [6.45, 7) is 1.82. The summed E-state index contributed by atoms with van der Waals surface area (Å²) < 4.78 is 0. The van der Waals surface area contributed by atoms with E-state index < -0.39 is 17.9 Å². The van der Waals surface area contributed by atoms with Crippen LogP contribution in [0.4, 0.5) is 0 Å². The molecule has 4 nitrogen and oxygen atoms in total. The molecule has 1 unspecified atom stereocenters. The number of thioether (sulfide) groups is 1. The van der Waals surface area contributed by atoms with Crippen LogP contribution in [0.15, 0.2) is 18.2 Å². The van der Waals surface area contributed by atoms with Crippen LogP contribution >= 0.6 is 23.4 Å². The molecule has 0 aliphatic rings. The first-order valence-electron chi connectivity index (χ1n) is 5.74. The van der Waals surface area contributed by atoms with Crippen LogP contribution in [-0.4, -0.2) is 35.0 Å². The lowest BCUT2D eigenvalue weighted by Gasteiger charge is -2.14. The number of hydrogen-bond acceptors (Lipinski definition) is 3. The lowest BCUT2D eigenvalue weighted by atomic mass is 10.1. The van der Waals surface area contributed by atoms with Gasteiger partial charge < -0.3 is 10.4 Å². The van der Waals surface area contributed by atoms with Crippen LogP contribution in [0.1, 0.15) is 22.3 Å². The Labute approximate surface area is 121 Å². The third kappa shape index (κ3) is 5.12. The predicted molar refractivity (Wildman–Crippen MR) is 78.1 cm³/mol. The van der Waals surface area contributed by atoms with Crippen molar-refractivity contribution < 1.29 is 14.7 Å². The van der Waals surface area contributed by atoms with Crippen molar-refractivity contribution in [2.24, 2.45) is 0 Å². The van der Waals surface area contributed by atoms with Crippen molar-refractivity contribution in [1.29, 1.82) is 0 Å². The molecule has 0 fully saturated rings. The van der Waals surface area contributed by atoms with Gasteiger partial charge >= 0.3 is 5.97 Å². The van der Waals surface area contributed by atoms with Gasteiger partial charge in [0.15, 0.2) is 0 Å². The van der Waals surface area contributed by atoms with Gasteiger partial charge in [-0.15, -0.1) is 0 Å². The highest BCUT2D eigenvalue weighted by molar-refractivity contribution is 7.98. The maximum absolute atomic E-state index is 12.0. The van der Waals surface area contributed by atoms with Crippen LogP contribution in [0.5, 0.6) is 0 Å². The lowest BCUT2D eigenvalue weighted by molar-refractivity contribution is -0.139. The summed E-state index contributed by atoms with van der Waals surface area (Å²) in [6, 6.07) is 4.06. The minimum absolute atomic E-state index is 0.375. The Morgan fingerprint density at radius 2 is 2.11 bits per heavy atom. The number of halogens is 1. The fourth-order valence-electron chi connectivity index (χ4n) is 1.60. The minimum atomic E-state index is -1.03. The fourth-order valence-corrected chi connectivity index (χ4v) is 2.36. The number of hydrogen-bond donors (Lipinski definition) is 2. The Morgan fingerprint density at radius 1 is 1.42 bits per heavy atom. The molecule has 0 saturated carbocycles. The van der Waals surface area contributed by atoms with Crippen molar-refractivity contribution in [1.82, 2.24) is 5.32 Å². The van der Waals surface area contributed by atoms with Gasteiger partial charge in [-0.25, -0.2) is 4.79 Å². The number of benzene rings is 1. The molecule has 0 spiro atoms. The molecule has 0 heterocycles. The topological polar surface area (TPSA) is 66.4 Å². The van der Waals surface area contributed by atoms with Crippen LogP contribution in [-0.2, 0) is 4.79 Å². The summed E-state index contributed by atoms with van der Waals surface area (Å²) in [6.07, 6.45) is 2.28. The van der Waals surface area contributed by atoms with E-state index in [4.69, 9.17) is 16.7 Å². The van der Waals surface area contributed by atoms with Crippen LogP contribution < -0.4 is 5.32 Å². The van der Waals surface area contributed by atoms with Gasteiger partial charge in [0, 0.05) is 10.6 Å². The molecular weight excluding hydrogens is 286 g/mol. The SMILES string of the molecule is CSCCC(NC(=O)c1cc(C)cc(Cl)c1)C(=O)O. The third-order valence-electron chi connectivity index (χ3n) is 2.52. The molecular formula is C13H16ClNO3S. The smallest absolute Gasteiger partial charge is 0.326 e. The Kier molecular flexibility index (Phi) is 6.18. The standard InChI is InChI=1S/C13H16ClNO3S/c1-8-5-9(7-10(14)6-8)12(16)15-11(13(17)18)3-4-19-2/h5-7,11H,3-4H2,1-2H3,(H,15,16)(H,17,18). The highest BCUT2D eigenvalue weighted by Crippen LogP contribution is 2.15. The predicted octanol–water partition coefficient (Wildman–Crippen LogP) is 2.58. The summed E-state index contributed by atoms with van der Waals surface area (Å²) in [7, 11) is 0. The second kappa shape index (κ2) is 7.40. The zero-order valence-electron chi connectivity index (χ0n) is 10.8. The average molecular weight is 302 g/mol. The van der Waals surface area contributed by atoms with Gasteiger partial charge in [0.2, 0.25) is 0 Å². The molecule has 1 rings (SSSR count). The van der Waals surface area contributed by atoms with Crippen molar-refractivity contribution in [2.75, 3.05) is 12.0 Å². The molecule has 104 valence electrons. The summed E-state index contributed by atoms with van der Waals surface area (Å²) in [4.78, 5) is 23.0. The van der Waals surface area contributed by atoms with E-state index in [9.17, 15) is 9.59 Å². The number of carbonyl (C=O) groups excluding carboxylic acids is 1. The summed E-state index contributed by atoms with van der Waals surface area (Å²) in [5, 5.41) is 12.0. The monoisotopic (exact) mass is 301 g/mol. The largest absolute Gasteiger partial charge is 0.480 e. The molecule has 0 bridgehead atoms. The minimum Gasteiger partial charge on any atom is -0.480 e. The van der Waals surface area contributed by atoms with Gasteiger partial charge in [0.25, 0.3) is 5.91 Å². The number of carboxylic acids is 1. The van der Waals surface area contributed by atoms with E-state index >= 15 is 0 Å². The van der Waals surface area contributed by atoms with E-state index in [-0.39, 0.29) is 0 Å². The second-order valence-corrected chi connectivity index (χ2v) is 5.59. The molecule has 2 N–H and O–H groups in total. The van der Waals surface area contributed by atoms with Crippen LogP contribution in [0.2, 0.25) is 5.02 Å². The second-order valence-electron chi connectivity index (χ2n) is 4.16. The molecule has 0 saturated heterocycles. The number of aliphatic carboxylic acids is 1. The lowest BCUT2D eigenvalue weighted by Crippen LogP contribution is -2.41. The Balaban J connectivity index is 2.78. The highest BCUT2D eigenvalue weighted by atomic mass is 35.5. The number of aryl methyl sites for hydroxylation is 1. The number of carboxylic acid groups (broad SMARTS) is 1. The molecule has 0 aliphatic carbocycles. The molecule has 1 aromatic carbocycles. The van der Waals surface area contributed by atoms with E-state index in [0.29, 0.717) is 22.8 Å². The van der Waals surface area contributed by atoms with E-state index in [1.54, 1.807) is 12.1 Å². The number of rotatable bonds is 6. The average Bonchev–Trinajstić information content (AvgIpc) is 2.32. The van der Waals surface area contributed by atoms with E-state index in [0.717, 1.165) is 5.56 Å². The summed E-state index contributed by atoms with van der Waals surface area (Å²) in [5.74, 6) is -0.772. The molecule has 0 radical (unpaired) electrons. The molecule has 1 aromatic rings. The van der Waals surface area contributed by atoms with Crippen molar-refractivity contribution >= 4 is 35.2 Å². The zero-order valence-corrected chi connectivity index (χ0v) is 12.3. The molecule has 6 heteroatoms. The van der Waals surface area contributed by atoms with E-state index in [1.165, 1.54) is 17.8 Å². The van der Waals surface area contributed by atoms with Gasteiger partial charge in [-0.2, -0.15) is 11.8 Å². The summed E-state index contributed by atoms with van der Waals surface area (Å²) in [5.41, 5.74) is 1.23. The first kappa shape index (κ1) is 15.9. The fraction of sp³-hybridized carbons (Fsp3) is 0.385. The normalized spacial score (nSPS) is 11.9. The van der Waals surface area contributed by atoms with Crippen molar-refractivity contribution in [3.63, 3.8) is 0 Å². The Morgan fingerprint density at radius 3 is 2.63 bits per heavy atom. The maximum Gasteiger partial charge on any atom is 0.326 e. The number of nitrogens with one attached hydrogen (secondary N) is 1. The zero-order chi connectivity index (χ0) is 14.4. The molecule has 1 atom stereocenters. The van der Waals surface area contributed by atoms with Gasteiger partial charge in [-0.05, 0) is 49.1 Å². The van der Waals surface area contributed by atoms with E-state index in [2.05, 4.69) is 5.32 Å². The molecule has 1 amide bonds. The highest BCUT2D eigenvalue weighted by Gasteiger charge is 2.20. The quantitative estimate of drug-likeness (QED) is 0.847. The first-order chi connectivity index (χ1) is 8.93. The van der Waals surface area contributed by atoms with Crippen LogP contribution in [0, 0.1) is 6.92 Å². The molecule has 19 heavy (non-hydrogen) atoms. The van der Waals surface area contributed by atoms with Gasteiger partial charge in [0.1, 0.15) is 6.04 Å². The van der Waals surface area contributed by atoms with Crippen LogP contribution in [0.25, 0.3) is 0 Å². The molecule has 0 aromatic heterocycles. The van der Waals surface area contributed by atoms with E-state index in [1.807, 2.05) is 13.2 Å². The van der Waals surface area contributed by atoms with Gasteiger partial charge in [-0.3, -0.25) is 4.79 Å². The third-order valence-corrected chi connectivity index (χ3v) is 3.38. The van der Waals surface area contributed by atoms with Gasteiger partial charge in [0.05, 0.1) is 0 Å².